The van der Waals surface area contributed by atoms with Crippen LogP contribution in [0.2, 0.25) is 0 Å². The molecular weight excluding hydrogens is 458 g/mol. The zero-order chi connectivity index (χ0) is 24.2. The third kappa shape index (κ3) is 5.27. The van der Waals surface area contributed by atoms with Gasteiger partial charge in [-0.1, -0.05) is 18.2 Å². The molecule has 8 heteroatoms. The first-order chi connectivity index (χ1) is 17.1. The third-order valence-electron chi connectivity index (χ3n) is 5.99. The number of thiophene rings is 1. The quantitative estimate of drug-likeness (QED) is 0.403. The zero-order valence-electron chi connectivity index (χ0n) is 19.8. The number of carbonyl (C=O) groups excluding carboxylic acids is 1. The van der Waals surface area contributed by atoms with Gasteiger partial charge in [0, 0.05) is 54.1 Å². The molecule has 3 heterocycles. The van der Waals surface area contributed by atoms with Crippen molar-refractivity contribution >= 4 is 34.7 Å². The van der Waals surface area contributed by atoms with E-state index in [1.165, 1.54) is 4.88 Å². The fraction of sp³-hybridized carbons (Fsp3) is 0.222. The van der Waals surface area contributed by atoms with Gasteiger partial charge in [-0.2, -0.15) is 4.98 Å². The van der Waals surface area contributed by atoms with Crippen LogP contribution in [0.1, 0.15) is 16.1 Å². The van der Waals surface area contributed by atoms with E-state index < -0.39 is 0 Å². The van der Waals surface area contributed by atoms with E-state index in [0.29, 0.717) is 32.1 Å². The maximum atomic E-state index is 13.1. The zero-order valence-corrected chi connectivity index (χ0v) is 20.6. The number of hydrogen-bond acceptors (Lipinski definition) is 7. The van der Waals surface area contributed by atoms with E-state index in [4.69, 9.17) is 9.72 Å². The molecule has 1 saturated heterocycles. The van der Waals surface area contributed by atoms with E-state index in [9.17, 15) is 4.79 Å². The van der Waals surface area contributed by atoms with Gasteiger partial charge in [-0.3, -0.25) is 4.79 Å². The maximum Gasteiger partial charge on any atom is 0.253 e. The van der Waals surface area contributed by atoms with Gasteiger partial charge >= 0.3 is 0 Å². The SMILES string of the molecule is COc1ccc(Nc2cc(C)nc(N3CCN(C(=O)c4ccc(-c5cccs5)cc4)CC3)n2)cc1. The summed E-state index contributed by atoms with van der Waals surface area (Å²) in [5.74, 6) is 2.28. The second kappa shape index (κ2) is 10.1. The van der Waals surface area contributed by atoms with Gasteiger partial charge in [-0.15, -0.1) is 11.3 Å². The summed E-state index contributed by atoms with van der Waals surface area (Å²) in [5.41, 5.74) is 3.67. The van der Waals surface area contributed by atoms with Crippen molar-refractivity contribution in [2.24, 2.45) is 0 Å². The minimum atomic E-state index is 0.0643. The summed E-state index contributed by atoms with van der Waals surface area (Å²) >= 11 is 1.70. The predicted molar refractivity (Wildman–Crippen MR) is 141 cm³/mol. The summed E-state index contributed by atoms with van der Waals surface area (Å²) < 4.78 is 5.22. The Kier molecular flexibility index (Phi) is 6.63. The van der Waals surface area contributed by atoms with Crippen LogP contribution in [0.3, 0.4) is 0 Å². The molecule has 7 nitrogen and oxygen atoms in total. The Hall–Kier alpha value is -3.91. The Morgan fingerprint density at radius 2 is 1.71 bits per heavy atom. The second-order valence-electron chi connectivity index (χ2n) is 8.38. The molecule has 178 valence electrons. The fourth-order valence-corrected chi connectivity index (χ4v) is 4.83. The average Bonchev–Trinajstić information content (AvgIpc) is 3.44. The van der Waals surface area contributed by atoms with Crippen molar-refractivity contribution in [2.45, 2.75) is 6.92 Å². The first-order valence-electron chi connectivity index (χ1n) is 11.5. The number of hydrogen-bond donors (Lipinski definition) is 1. The number of benzene rings is 2. The molecule has 0 bridgehead atoms. The van der Waals surface area contributed by atoms with Gasteiger partial charge in [-0.25, -0.2) is 4.98 Å². The highest BCUT2D eigenvalue weighted by Crippen LogP contribution is 2.25. The number of anilines is 3. The number of nitrogens with one attached hydrogen (secondary N) is 1. The number of rotatable bonds is 6. The molecule has 2 aromatic carbocycles. The van der Waals surface area contributed by atoms with Gasteiger partial charge in [0.15, 0.2) is 0 Å². The van der Waals surface area contributed by atoms with Crippen molar-refractivity contribution in [2.75, 3.05) is 43.5 Å². The van der Waals surface area contributed by atoms with Crippen LogP contribution < -0.4 is 15.0 Å². The molecule has 35 heavy (non-hydrogen) atoms. The molecule has 0 aliphatic carbocycles. The Morgan fingerprint density at radius 3 is 2.37 bits per heavy atom. The van der Waals surface area contributed by atoms with Crippen LogP contribution >= 0.6 is 11.3 Å². The van der Waals surface area contributed by atoms with Crippen molar-refractivity contribution in [1.29, 1.82) is 0 Å². The topological polar surface area (TPSA) is 70.6 Å². The van der Waals surface area contributed by atoms with Crippen molar-refractivity contribution in [3.8, 4) is 16.2 Å². The molecule has 2 aromatic heterocycles. The van der Waals surface area contributed by atoms with Crippen molar-refractivity contribution in [1.82, 2.24) is 14.9 Å². The molecule has 1 fully saturated rings. The number of nitrogens with zero attached hydrogens (tertiary/aromatic N) is 4. The van der Waals surface area contributed by atoms with Crippen LogP contribution in [0, 0.1) is 6.92 Å². The van der Waals surface area contributed by atoms with Crippen LogP contribution in [0.4, 0.5) is 17.5 Å². The van der Waals surface area contributed by atoms with Crippen LogP contribution in [0.15, 0.2) is 72.1 Å². The number of methoxy groups -OCH3 is 1. The number of aromatic nitrogens is 2. The largest absolute Gasteiger partial charge is 0.497 e. The lowest BCUT2D eigenvalue weighted by Gasteiger charge is -2.35. The second-order valence-corrected chi connectivity index (χ2v) is 9.33. The lowest BCUT2D eigenvalue weighted by Crippen LogP contribution is -2.49. The summed E-state index contributed by atoms with van der Waals surface area (Å²) in [6, 6.07) is 21.6. The molecule has 5 rings (SSSR count). The van der Waals surface area contributed by atoms with E-state index in [2.05, 4.69) is 26.6 Å². The number of carbonyl (C=O) groups is 1. The van der Waals surface area contributed by atoms with E-state index in [-0.39, 0.29) is 5.91 Å². The van der Waals surface area contributed by atoms with Gasteiger partial charge in [0.25, 0.3) is 5.91 Å². The number of piperazine rings is 1. The van der Waals surface area contributed by atoms with Crippen LogP contribution in [0.25, 0.3) is 10.4 Å². The van der Waals surface area contributed by atoms with E-state index in [1.54, 1.807) is 18.4 Å². The summed E-state index contributed by atoms with van der Waals surface area (Å²) in [4.78, 5) is 27.7. The lowest BCUT2D eigenvalue weighted by molar-refractivity contribution is 0.0746. The minimum Gasteiger partial charge on any atom is -0.497 e. The number of ether oxygens (including phenoxy) is 1. The van der Waals surface area contributed by atoms with Gasteiger partial charge in [0.05, 0.1) is 7.11 Å². The third-order valence-corrected chi connectivity index (χ3v) is 6.91. The maximum absolute atomic E-state index is 13.1. The van der Waals surface area contributed by atoms with E-state index in [0.717, 1.165) is 34.1 Å². The van der Waals surface area contributed by atoms with Gasteiger partial charge in [0.1, 0.15) is 11.6 Å². The summed E-state index contributed by atoms with van der Waals surface area (Å²) in [5, 5.41) is 5.40. The van der Waals surface area contributed by atoms with Crippen molar-refractivity contribution < 1.29 is 9.53 Å². The molecule has 1 N–H and O–H groups in total. The van der Waals surface area contributed by atoms with E-state index in [1.807, 2.05) is 72.5 Å². The molecule has 0 saturated carbocycles. The summed E-state index contributed by atoms with van der Waals surface area (Å²) in [7, 11) is 1.65. The Morgan fingerprint density at radius 1 is 0.971 bits per heavy atom. The first kappa shape index (κ1) is 22.9. The molecule has 0 spiro atoms. The Labute approximate surface area is 209 Å². The molecular formula is C27H27N5O2S. The molecule has 1 aliphatic rings. The van der Waals surface area contributed by atoms with Gasteiger partial charge < -0.3 is 19.9 Å². The molecule has 4 aromatic rings. The van der Waals surface area contributed by atoms with Crippen molar-refractivity contribution in [3.63, 3.8) is 0 Å². The summed E-state index contributed by atoms with van der Waals surface area (Å²) in [6.45, 7) is 4.59. The molecule has 1 amide bonds. The lowest BCUT2D eigenvalue weighted by atomic mass is 10.1. The van der Waals surface area contributed by atoms with Crippen LogP contribution in [-0.2, 0) is 0 Å². The van der Waals surface area contributed by atoms with Gasteiger partial charge in [-0.05, 0) is 60.3 Å². The van der Waals surface area contributed by atoms with Gasteiger partial charge in [0.2, 0.25) is 5.95 Å². The Balaban J connectivity index is 1.22. The highest BCUT2D eigenvalue weighted by molar-refractivity contribution is 7.13. The highest BCUT2D eigenvalue weighted by Gasteiger charge is 2.24. The van der Waals surface area contributed by atoms with Crippen molar-refractivity contribution in [3.05, 3.63) is 83.4 Å². The predicted octanol–water partition coefficient (Wildman–Crippen LogP) is 5.23. The smallest absolute Gasteiger partial charge is 0.253 e. The minimum absolute atomic E-state index is 0.0643. The fourth-order valence-electron chi connectivity index (χ4n) is 4.09. The standard InChI is InChI=1S/C27H27N5O2S/c1-19-18-25(29-22-9-11-23(34-2)12-10-22)30-27(28-19)32-15-13-31(14-16-32)26(33)21-7-5-20(6-8-21)24-4-3-17-35-24/h3-12,17-18H,13-16H2,1-2H3,(H,28,29,30). The van der Waals surface area contributed by atoms with E-state index >= 15 is 0 Å². The Bertz CT molecular complexity index is 1280. The summed E-state index contributed by atoms with van der Waals surface area (Å²) in [6.07, 6.45) is 0. The van der Waals surface area contributed by atoms with Crippen LogP contribution in [0.5, 0.6) is 5.75 Å². The normalized spacial score (nSPS) is 13.5. The molecule has 0 radical (unpaired) electrons. The van der Waals surface area contributed by atoms with Crippen LogP contribution in [-0.4, -0.2) is 54.1 Å². The average molecular weight is 486 g/mol. The number of aryl methyl sites for hydroxylation is 1. The molecule has 0 atom stereocenters. The molecule has 0 unspecified atom stereocenters. The highest BCUT2D eigenvalue weighted by atomic mass is 32.1. The monoisotopic (exact) mass is 485 g/mol. The number of amides is 1. The first-order valence-corrected chi connectivity index (χ1v) is 12.4. The molecule has 1 aliphatic heterocycles.